The van der Waals surface area contributed by atoms with Gasteiger partial charge in [-0.05, 0) is 55.9 Å². The second kappa shape index (κ2) is 4.91. The fraction of sp³-hybridized carbons (Fsp3) is 0.438. The SMILES string of the molecule is Cc1nccc2ccc(C3CC(CN)CN3C)cc12. The second-order valence-electron chi connectivity index (χ2n) is 5.67. The zero-order chi connectivity index (χ0) is 13.4. The van der Waals surface area contributed by atoms with Crippen LogP contribution in [0.25, 0.3) is 10.8 Å². The number of likely N-dealkylation sites (tertiary alicyclic amines) is 1. The van der Waals surface area contributed by atoms with Gasteiger partial charge in [-0.2, -0.15) is 0 Å². The van der Waals surface area contributed by atoms with Crippen LogP contribution in [0.15, 0.2) is 30.5 Å². The molecule has 1 aliphatic rings. The summed E-state index contributed by atoms with van der Waals surface area (Å²) in [6, 6.07) is 9.34. The van der Waals surface area contributed by atoms with Crippen molar-refractivity contribution in [3.05, 3.63) is 41.7 Å². The summed E-state index contributed by atoms with van der Waals surface area (Å²) in [4.78, 5) is 6.81. The summed E-state index contributed by atoms with van der Waals surface area (Å²) in [5, 5.41) is 2.54. The van der Waals surface area contributed by atoms with E-state index in [4.69, 9.17) is 5.73 Å². The number of nitrogens with zero attached hydrogens (tertiary/aromatic N) is 2. The lowest BCUT2D eigenvalue weighted by Crippen LogP contribution is -2.20. The normalized spacial score (nSPS) is 24.2. The Morgan fingerprint density at radius 3 is 2.95 bits per heavy atom. The van der Waals surface area contributed by atoms with E-state index in [0.29, 0.717) is 12.0 Å². The second-order valence-corrected chi connectivity index (χ2v) is 5.67. The third kappa shape index (κ3) is 2.24. The van der Waals surface area contributed by atoms with Crippen molar-refractivity contribution in [3.8, 4) is 0 Å². The lowest BCUT2D eigenvalue weighted by atomic mass is 9.97. The van der Waals surface area contributed by atoms with Crippen molar-refractivity contribution in [2.24, 2.45) is 11.7 Å². The molecule has 3 heteroatoms. The minimum atomic E-state index is 0.498. The Morgan fingerprint density at radius 2 is 2.21 bits per heavy atom. The molecule has 0 saturated carbocycles. The Hall–Kier alpha value is -1.45. The molecule has 100 valence electrons. The number of aromatic nitrogens is 1. The molecule has 1 fully saturated rings. The van der Waals surface area contributed by atoms with Crippen molar-refractivity contribution in [1.82, 2.24) is 9.88 Å². The first-order valence-electron chi connectivity index (χ1n) is 6.94. The van der Waals surface area contributed by atoms with E-state index in [1.54, 1.807) is 0 Å². The standard InChI is InChI=1S/C16H21N3/c1-11-15-8-14(4-3-13(15)5-6-18-11)16-7-12(9-17)10-19(16)2/h3-6,8,12,16H,7,9-10,17H2,1-2H3. The highest BCUT2D eigenvalue weighted by Gasteiger charge is 2.29. The maximum absolute atomic E-state index is 5.81. The molecule has 0 amide bonds. The predicted octanol–water partition coefficient (Wildman–Crippen LogP) is 2.49. The van der Waals surface area contributed by atoms with Crippen LogP contribution in [0, 0.1) is 12.8 Å². The van der Waals surface area contributed by atoms with Gasteiger partial charge in [0.2, 0.25) is 0 Å². The van der Waals surface area contributed by atoms with Crippen molar-refractivity contribution >= 4 is 10.8 Å². The molecule has 1 aromatic heterocycles. The number of fused-ring (bicyclic) bond motifs is 1. The molecule has 1 saturated heterocycles. The Balaban J connectivity index is 1.99. The molecule has 2 heterocycles. The van der Waals surface area contributed by atoms with Gasteiger partial charge >= 0.3 is 0 Å². The van der Waals surface area contributed by atoms with Crippen molar-refractivity contribution in [1.29, 1.82) is 0 Å². The van der Waals surface area contributed by atoms with Gasteiger partial charge in [0.15, 0.2) is 0 Å². The average Bonchev–Trinajstić information content (AvgIpc) is 2.80. The lowest BCUT2D eigenvalue weighted by Gasteiger charge is -2.20. The third-order valence-corrected chi connectivity index (χ3v) is 4.34. The number of pyridine rings is 1. The Bertz CT molecular complexity index is 594. The van der Waals surface area contributed by atoms with E-state index in [0.717, 1.165) is 25.2 Å². The van der Waals surface area contributed by atoms with Crippen LogP contribution in [0.2, 0.25) is 0 Å². The number of benzene rings is 1. The molecular weight excluding hydrogens is 234 g/mol. The van der Waals surface area contributed by atoms with Gasteiger partial charge in [0.25, 0.3) is 0 Å². The number of hydrogen-bond donors (Lipinski definition) is 1. The van der Waals surface area contributed by atoms with Crippen molar-refractivity contribution in [3.63, 3.8) is 0 Å². The molecule has 2 atom stereocenters. The Kier molecular flexibility index (Phi) is 3.25. The molecule has 0 radical (unpaired) electrons. The van der Waals surface area contributed by atoms with E-state index in [9.17, 15) is 0 Å². The molecule has 1 aliphatic heterocycles. The molecule has 0 spiro atoms. The molecule has 2 aromatic rings. The van der Waals surface area contributed by atoms with Gasteiger partial charge in [-0.1, -0.05) is 12.1 Å². The predicted molar refractivity (Wildman–Crippen MR) is 79.0 cm³/mol. The summed E-state index contributed by atoms with van der Waals surface area (Å²) in [6.07, 6.45) is 3.04. The molecule has 3 rings (SSSR count). The van der Waals surface area contributed by atoms with Crippen LogP contribution in [0.1, 0.15) is 23.7 Å². The lowest BCUT2D eigenvalue weighted by molar-refractivity contribution is 0.314. The largest absolute Gasteiger partial charge is 0.330 e. The van der Waals surface area contributed by atoms with Gasteiger partial charge in [-0.15, -0.1) is 0 Å². The van der Waals surface area contributed by atoms with Crippen LogP contribution >= 0.6 is 0 Å². The van der Waals surface area contributed by atoms with Crippen LogP contribution < -0.4 is 5.73 Å². The Labute approximate surface area is 114 Å². The van der Waals surface area contributed by atoms with Crippen LogP contribution in [-0.2, 0) is 0 Å². The summed E-state index contributed by atoms with van der Waals surface area (Å²) in [6.45, 7) is 3.97. The van der Waals surface area contributed by atoms with E-state index >= 15 is 0 Å². The zero-order valence-electron chi connectivity index (χ0n) is 11.6. The summed E-state index contributed by atoms with van der Waals surface area (Å²) in [5.41, 5.74) is 8.31. The molecule has 2 N–H and O–H groups in total. The summed E-state index contributed by atoms with van der Waals surface area (Å²) in [5.74, 6) is 0.626. The van der Waals surface area contributed by atoms with Gasteiger partial charge in [-0.25, -0.2) is 0 Å². The van der Waals surface area contributed by atoms with Gasteiger partial charge in [0, 0.05) is 29.9 Å². The van der Waals surface area contributed by atoms with E-state index in [-0.39, 0.29) is 0 Å². The molecule has 0 aliphatic carbocycles. The van der Waals surface area contributed by atoms with E-state index in [2.05, 4.69) is 48.1 Å². The van der Waals surface area contributed by atoms with Crippen LogP contribution in [0.5, 0.6) is 0 Å². The van der Waals surface area contributed by atoms with Crippen LogP contribution in [0.3, 0.4) is 0 Å². The summed E-state index contributed by atoms with van der Waals surface area (Å²) < 4.78 is 0. The first-order valence-corrected chi connectivity index (χ1v) is 6.94. The zero-order valence-corrected chi connectivity index (χ0v) is 11.6. The van der Waals surface area contributed by atoms with Gasteiger partial charge < -0.3 is 5.73 Å². The molecule has 19 heavy (non-hydrogen) atoms. The topological polar surface area (TPSA) is 42.1 Å². The summed E-state index contributed by atoms with van der Waals surface area (Å²) in [7, 11) is 2.20. The van der Waals surface area contributed by atoms with E-state index in [1.165, 1.54) is 16.3 Å². The first kappa shape index (κ1) is 12.6. The van der Waals surface area contributed by atoms with Gasteiger partial charge in [0.1, 0.15) is 0 Å². The molecule has 2 unspecified atom stereocenters. The van der Waals surface area contributed by atoms with Crippen LogP contribution in [-0.4, -0.2) is 30.0 Å². The molecule has 3 nitrogen and oxygen atoms in total. The number of rotatable bonds is 2. The number of nitrogens with two attached hydrogens (primary N) is 1. The number of hydrogen-bond acceptors (Lipinski definition) is 3. The van der Waals surface area contributed by atoms with Crippen molar-refractivity contribution in [2.45, 2.75) is 19.4 Å². The molecule has 1 aromatic carbocycles. The van der Waals surface area contributed by atoms with Crippen molar-refractivity contribution in [2.75, 3.05) is 20.1 Å². The van der Waals surface area contributed by atoms with Gasteiger partial charge in [0.05, 0.1) is 0 Å². The van der Waals surface area contributed by atoms with Crippen LogP contribution in [0.4, 0.5) is 0 Å². The highest BCUT2D eigenvalue weighted by molar-refractivity contribution is 5.84. The average molecular weight is 255 g/mol. The smallest absolute Gasteiger partial charge is 0.0451 e. The molecular formula is C16H21N3. The Morgan fingerprint density at radius 1 is 1.37 bits per heavy atom. The third-order valence-electron chi connectivity index (χ3n) is 4.34. The van der Waals surface area contributed by atoms with Crippen molar-refractivity contribution < 1.29 is 0 Å². The highest BCUT2D eigenvalue weighted by Crippen LogP contribution is 2.35. The van der Waals surface area contributed by atoms with Gasteiger partial charge in [-0.3, -0.25) is 9.88 Å². The quantitative estimate of drug-likeness (QED) is 0.896. The minimum Gasteiger partial charge on any atom is -0.330 e. The van der Waals surface area contributed by atoms with E-state index < -0.39 is 0 Å². The van der Waals surface area contributed by atoms with E-state index in [1.807, 2.05) is 6.20 Å². The fourth-order valence-corrected chi connectivity index (χ4v) is 3.20. The monoisotopic (exact) mass is 255 g/mol. The summed E-state index contributed by atoms with van der Waals surface area (Å²) >= 11 is 0. The minimum absolute atomic E-state index is 0.498. The number of aryl methyl sites for hydroxylation is 1. The first-order chi connectivity index (χ1) is 9.19. The maximum Gasteiger partial charge on any atom is 0.0451 e. The maximum atomic E-state index is 5.81. The highest BCUT2D eigenvalue weighted by atomic mass is 15.2. The fourth-order valence-electron chi connectivity index (χ4n) is 3.20. The molecule has 0 bridgehead atoms.